The van der Waals surface area contributed by atoms with Crippen molar-refractivity contribution >= 4 is 16.6 Å². The zero-order valence-electron chi connectivity index (χ0n) is 12.6. The van der Waals surface area contributed by atoms with Gasteiger partial charge in [-0.2, -0.15) is 0 Å². The van der Waals surface area contributed by atoms with Gasteiger partial charge < -0.3 is 9.47 Å². The van der Waals surface area contributed by atoms with E-state index in [4.69, 9.17) is 0 Å². The molecule has 4 rings (SSSR count). The van der Waals surface area contributed by atoms with Gasteiger partial charge in [0.15, 0.2) is 0 Å². The lowest BCUT2D eigenvalue weighted by Crippen LogP contribution is -2.31. The first kappa shape index (κ1) is 12.5. The van der Waals surface area contributed by atoms with Gasteiger partial charge in [0.05, 0.1) is 6.54 Å². The smallest absolute Gasteiger partial charge is 0.0585 e. The molecule has 0 N–H and O–H groups in total. The van der Waals surface area contributed by atoms with E-state index in [0.29, 0.717) is 0 Å². The van der Waals surface area contributed by atoms with E-state index in [2.05, 4.69) is 72.0 Å². The van der Waals surface area contributed by atoms with Crippen LogP contribution in [0, 0.1) is 6.92 Å². The van der Waals surface area contributed by atoms with Gasteiger partial charge in [-0.1, -0.05) is 36.4 Å². The van der Waals surface area contributed by atoms with Gasteiger partial charge in [0, 0.05) is 35.9 Å². The maximum atomic E-state index is 2.51. The molecule has 1 aromatic heterocycles. The third kappa shape index (κ3) is 1.86. The van der Waals surface area contributed by atoms with Crippen LogP contribution >= 0.6 is 0 Å². The van der Waals surface area contributed by atoms with Gasteiger partial charge >= 0.3 is 0 Å². The van der Waals surface area contributed by atoms with Crippen molar-refractivity contribution in [3.8, 4) is 0 Å². The van der Waals surface area contributed by atoms with Crippen molar-refractivity contribution in [1.29, 1.82) is 0 Å². The Morgan fingerprint density at radius 1 is 0.952 bits per heavy atom. The predicted molar refractivity (Wildman–Crippen MR) is 88.9 cm³/mol. The largest absolute Gasteiger partial charge is 0.365 e. The van der Waals surface area contributed by atoms with Crippen LogP contribution in [0.5, 0.6) is 0 Å². The van der Waals surface area contributed by atoms with Crippen molar-refractivity contribution in [3.63, 3.8) is 0 Å². The van der Waals surface area contributed by atoms with Gasteiger partial charge in [0.25, 0.3) is 0 Å². The third-order valence-corrected chi connectivity index (χ3v) is 4.77. The number of hydrogen-bond donors (Lipinski definition) is 0. The number of hydrogen-bond acceptors (Lipinski definition) is 1. The average molecular weight is 276 g/mol. The van der Waals surface area contributed by atoms with Gasteiger partial charge in [-0.3, -0.25) is 0 Å². The minimum Gasteiger partial charge on any atom is -0.365 e. The fourth-order valence-electron chi connectivity index (χ4n) is 3.64. The van der Waals surface area contributed by atoms with Crippen LogP contribution in [0.2, 0.25) is 0 Å². The normalized spacial score (nSPS) is 14.5. The summed E-state index contributed by atoms with van der Waals surface area (Å²) in [5, 5.41) is 1.43. The molecule has 2 aromatic carbocycles. The summed E-state index contributed by atoms with van der Waals surface area (Å²) in [6.45, 7) is 4.31. The molecule has 0 saturated carbocycles. The molecular formula is C19H20N2. The van der Waals surface area contributed by atoms with Crippen LogP contribution in [-0.4, -0.2) is 11.1 Å². The monoisotopic (exact) mass is 276 g/mol. The number of rotatable bonds is 1. The van der Waals surface area contributed by atoms with Crippen LogP contribution < -0.4 is 4.90 Å². The minimum atomic E-state index is 1.01. The topological polar surface area (TPSA) is 8.17 Å². The number of nitrogens with zero attached hydrogens (tertiary/aromatic N) is 2. The fraction of sp³-hybridized carbons (Fsp3) is 0.263. The van der Waals surface area contributed by atoms with E-state index < -0.39 is 0 Å². The average Bonchev–Trinajstić information content (AvgIpc) is 2.81. The van der Waals surface area contributed by atoms with E-state index in [1.165, 1.54) is 33.4 Å². The SMILES string of the molecule is Cc1ccccc1N1CCc2c(n(C)c3ccccc23)C1. The molecule has 0 unspecified atom stereocenters. The second-order valence-electron chi connectivity index (χ2n) is 5.96. The highest BCUT2D eigenvalue weighted by Crippen LogP contribution is 2.32. The molecule has 0 bridgehead atoms. The lowest BCUT2D eigenvalue weighted by molar-refractivity contribution is 0.688. The highest BCUT2D eigenvalue weighted by Gasteiger charge is 2.23. The Morgan fingerprint density at radius 2 is 1.71 bits per heavy atom. The quantitative estimate of drug-likeness (QED) is 0.651. The first-order chi connectivity index (χ1) is 10.3. The summed E-state index contributed by atoms with van der Waals surface area (Å²) in [5.74, 6) is 0. The van der Waals surface area contributed by atoms with Crippen LogP contribution in [0.15, 0.2) is 48.5 Å². The number of para-hydroxylation sites is 2. The van der Waals surface area contributed by atoms with Gasteiger partial charge in [0.2, 0.25) is 0 Å². The Hall–Kier alpha value is -2.22. The maximum absolute atomic E-state index is 2.51. The summed E-state index contributed by atoms with van der Waals surface area (Å²) in [6, 6.07) is 17.5. The molecule has 0 aliphatic carbocycles. The molecule has 1 aliphatic heterocycles. The molecule has 0 radical (unpaired) electrons. The summed E-state index contributed by atoms with van der Waals surface area (Å²) in [4.78, 5) is 2.51. The van der Waals surface area contributed by atoms with Crippen LogP contribution in [-0.2, 0) is 20.0 Å². The molecule has 0 atom stereocenters. The van der Waals surface area contributed by atoms with Crippen molar-refractivity contribution in [1.82, 2.24) is 4.57 Å². The van der Waals surface area contributed by atoms with Gasteiger partial charge in [-0.15, -0.1) is 0 Å². The molecule has 2 heteroatoms. The van der Waals surface area contributed by atoms with Crippen LogP contribution in [0.4, 0.5) is 5.69 Å². The third-order valence-electron chi connectivity index (χ3n) is 4.77. The van der Waals surface area contributed by atoms with E-state index in [1.54, 1.807) is 0 Å². The second kappa shape index (κ2) is 4.66. The lowest BCUT2D eigenvalue weighted by Gasteiger charge is -2.31. The van der Waals surface area contributed by atoms with Gasteiger partial charge in [0.1, 0.15) is 0 Å². The Labute approximate surface area is 125 Å². The maximum Gasteiger partial charge on any atom is 0.0585 e. The first-order valence-corrected chi connectivity index (χ1v) is 7.61. The summed E-state index contributed by atoms with van der Waals surface area (Å²) >= 11 is 0. The zero-order chi connectivity index (χ0) is 14.4. The van der Waals surface area contributed by atoms with Crippen LogP contribution in [0.1, 0.15) is 16.8 Å². The van der Waals surface area contributed by atoms with E-state index in [9.17, 15) is 0 Å². The van der Waals surface area contributed by atoms with Crippen LogP contribution in [0.25, 0.3) is 10.9 Å². The summed E-state index contributed by atoms with van der Waals surface area (Å²) in [5.41, 5.74) is 7.09. The summed E-state index contributed by atoms with van der Waals surface area (Å²) in [7, 11) is 2.20. The van der Waals surface area contributed by atoms with Crippen LogP contribution in [0.3, 0.4) is 0 Å². The highest BCUT2D eigenvalue weighted by atomic mass is 15.2. The molecule has 106 valence electrons. The molecule has 3 aromatic rings. The Kier molecular flexibility index (Phi) is 2.78. The zero-order valence-corrected chi connectivity index (χ0v) is 12.6. The van der Waals surface area contributed by atoms with E-state index >= 15 is 0 Å². The Morgan fingerprint density at radius 3 is 2.57 bits per heavy atom. The summed E-state index contributed by atoms with van der Waals surface area (Å²) < 4.78 is 2.37. The molecule has 0 saturated heterocycles. The lowest BCUT2D eigenvalue weighted by atomic mass is 10.0. The van der Waals surface area contributed by atoms with Crippen molar-refractivity contribution in [2.24, 2.45) is 7.05 Å². The van der Waals surface area contributed by atoms with E-state index in [-0.39, 0.29) is 0 Å². The number of aryl methyl sites for hydroxylation is 2. The van der Waals surface area contributed by atoms with Crippen molar-refractivity contribution in [2.45, 2.75) is 19.9 Å². The molecule has 21 heavy (non-hydrogen) atoms. The Balaban J connectivity index is 1.80. The molecule has 0 amide bonds. The van der Waals surface area contributed by atoms with Gasteiger partial charge in [-0.25, -0.2) is 0 Å². The van der Waals surface area contributed by atoms with E-state index in [0.717, 1.165) is 19.5 Å². The highest BCUT2D eigenvalue weighted by molar-refractivity contribution is 5.86. The first-order valence-electron chi connectivity index (χ1n) is 7.61. The summed E-state index contributed by atoms with van der Waals surface area (Å²) in [6.07, 6.45) is 1.13. The van der Waals surface area contributed by atoms with E-state index in [1.807, 2.05) is 0 Å². The molecule has 2 nitrogen and oxygen atoms in total. The molecule has 0 spiro atoms. The molecule has 1 aliphatic rings. The van der Waals surface area contributed by atoms with Crippen molar-refractivity contribution in [2.75, 3.05) is 11.4 Å². The predicted octanol–water partition coefficient (Wildman–Crippen LogP) is 4.05. The fourth-order valence-corrected chi connectivity index (χ4v) is 3.64. The second-order valence-corrected chi connectivity index (χ2v) is 5.96. The number of aromatic nitrogens is 1. The van der Waals surface area contributed by atoms with Crippen molar-refractivity contribution < 1.29 is 0 Å². The minimum absolute atomic E-state index is 1.01. The standard InChI is InChI=1S/C19H20N2/c1-14-7-3-5-9-17(14)21-12-11-16-15-8-4-6-10-18(15)20(2)19(16)13-21/h3-10H,11-13H2,1-2H3. The molecule has 2 heterocycles. The number of fused-ring (bicyclic) bond motifs is 3. The molecular weight excluding hydrogens is 256 g/mol. The van der Waals surface area contributed by atoms with Gasteiger partial charge in [-0.05, 0) is 36.6 Å². The Bertz CT molecular complexity index is 814. The number of benzene rings is 2. The number of anilines is 1. The van der Waals surface area contributed by atoms with Crippen molar-refractivity contribution in [3.05, 3.63) is 65.4 Å². The molecule has 0 fully saturated rings.